The van der Waals surface area contributed by atoms with Crippen molar-refractivity contribution >= 4 is 34.7 Å². The molecule has 1 fully saturated rings. The van der Waals surface area contributed by atoms with Gasteiger partial charge in [-0.1, -0.05) is 18.5 Å². The van der Waals surface area contributed by atoms with Gasteiger partial charge < -0.3 is 5.73 Å². The van der Waals surface area contributed by atoms with E-state index in [2.05, 4.69) is 36.6 Å². The minimum atomic E-state index is 0.325. The Bertz CT molecular complexity index is 369. The second-order valence-corrected chi connectivity index (χ2v) is 7.34. The van der Waals surface area contributed by atoms with E-state index in [0.717, 1.165) is 11.6 Å². The Morgan fingerprint density at radius 3 is 2.94 bits per heavy atom. The third kappa shape index (κ3) is 2.99. The SMILES string of the molecule is CC1SCCN(C(CN)c2cc(Cl)cs2)C1C. The van der Waals surface area contributed by atoms with Crippen LogP contribution < -0.4 is 5.73 Å². The first-order valence-corrected chi connectivity index (χ1v) is 8.25. The van der Waals surface area contributed by atoms with Gasteiger partial charge in [0.15, 0.2) is 0 Å². The standard InChI is InChI=1S/C12H19ClN2S2/c1-8-9(2)16-4-3-15(8)11(6-14)12-5-10(13)7-17-12/h5,7-9,11H,3-4,6,14H2,1-2H3. The van der Waals surface area contributed by atoms with E-state index in [4.69, 9.17) is 17.3 Å². The van der Waals surface area contributed by atoms with E-state index in [0.29, 0.717) is 23.9 Å². The molecule has 1 saturated heterocycles. The molecular formula is C12H19ClN2S2. The lowest BCUT2D eigenvalue weighted by molar-refractivity contribution is 0.153. The van der Waals surface area contributed by atoms with E-state index in [9.17, 15) is 0 Å². The Morgan fingerprint density at radius 1 is 1.59 bits per heavy atom. The fourth-order valence-corrected chi connectivity index (χ4v) is 4.65. The molecule has 0 aromatic carbocycles. The lowest BCUT2D eigenvalue weighted by Gasteiger charge is -2.41. The van der Waals surface area contributed by atoms with Gasteiger partial charge in [0.05, 0.1) is 11.1 Å². The van der Waals surface area contributed by atoms with Crippen LogP contribution >= 0.6 is 34.7 Å². The van der Waals surface area contributed by atoms with Crippen molar-refractivity contribution in [2.24, 2.45) is 5.73 Å². The summed E-state index contributed by atoms with van der Waals surface area (Å²) in [4.78, 5) is 3.83. The fourth-order valence-electron chi connectivity index (χ4n) is 2.31. The summed E-state index contributed by atoms with van der Waals surface area (Å²) in [5, 5.41) is 3.50. The number of thioether (sulfide) groups is 1. The van der Waals surface area contributed by atoms with E-state index >= 15 is 0 Å². The van der Waals surface area contributed by atoms with Crippen molar-refractivity contribution in [3.8, 4) is 0 Å². The first kappa shape index (κ1) is 13.7. The van der Waals surface area contributed by atoms with Crippen LogP contribution in [-0.4, -0.2) is 35.0 Å². The zero-order chi connectivity index (χ0) is 12.4. The highest BCUT2D eigenvalue weighted by Crippen LogP contribution is 2.34. The summed E-state index contributed by atoms with van der Waals surface area (Å²) < 4.78 is 0. The molecule has 1 aliphatic rings. The number of hydrogen-bond acceptors (Lipinski definition) is 4. The minimum Gasteiger partial charge on any atom is -0.329 e. The van der Waals surface area contributed by atoms with Gasteiger partial charge in [-0.2, -0.15) is 11.8 Å². The monoisotopic (exact) mass is 290 g/mol. The van der Waals surface area contributed by atoms with Gasteiger partial charge in [-0.15, -0.1) is 11.3 Å². The summed E-state index contributed by atoms with van der Waals surface area (Å²) in [5.41, 5.74) is 5.97. The molecule has 1 aromatic heterocycles. The molecule has 2 nitrogen and oxygen atoms in total. The average Bonchev–Trinajstić information content (AvgIpc) is 2.72. The smallest absolute Gasteiger partial charge is 0.0567 e. The topological polar surface area (TPSA) is 29.3 Å². The summed E-state index contributed by atoms with van der Waals surface area (Å²) in [7, 11) is 0. The molecule has 0 radical (unpaired) electrons. The molecule has 0 bridgehead atoms. The lowest BCUT2D eigenvalue weighted by Crippen LogP contribution is -2.48. The molecule has 96 valence electrons. The molecule has 3 unspecified atom stereocenters. The summed E-state index contributed by atoms with van der Waals surface area (Å²) in [6.45, 7) is 6.39. The molecule has 2 heterocycles. The van der Waals surface area contributed by atoms with Gasteiger partial charge in [-0.25, -0.2) is 0 Å². The summed E-state index contributed by atoms with van der Waals surface area (Å²) in [5.74, 6) is 1.20. The molecule has 0 spiro atoms. The van der Waals surface area contributed by atoms with Crippen molar-refractivity contribution in [2.45, 2.75) is 31.2 Å². The summed E-state index contributed by atoms with van der Waals surface area (Å²) >= 11 is 9.78. The Morgan fingerprint density at radius 2 is 2.35 bits per heavy atom. The molecule has 2 N–H and O–H groups in total. The molecule has 1 aliphatic heterocycles. The molecule has 17 heavy (non-hydrogen) atoms. The largest absolute Gasteiger partial charge is 0.329 e. The second-order valence-electron chi connectivity index (χ2n) is 4.47. The molecule has 0 aliphatic carbocycles. The number of rotatable bonds is 3. The summed E-state index contributed by atoms with van der Waals surface area (Å²) in [6.07, 6.45) is 0. The van der Waals surface area contributed by atoms with E-state index in [-0.39, 0.29) is 0 Å². The zero-order valence-electron chi connectivity index (χ0n) is 10.2. The molecule has 2 rings (SSSR count). The lowest BCUT2D eigenvalue weighted by atomic mass is 10.1. The molecule has 3 atom stereocenters. The highest BCUT2D eigenvalue weighted by Gasteiger charge is 2.31. The van der Waals surface area contributed by atoms with Gasteiger partial charge in [0.25, 0.3) is 0 Å². The van der Waals surface area contributed by atoms with Crippen LogP contribution in [-0.2, 0) is 0 Å². The predicted octanol–water partition coefficient (Wildman–Crippen LogP) is 3.23. The Balaban J connectivity index is 2.17. The van der Waals surface area contributed by atoms with Crippen LogP contribution in [0.5, 0.6) is 0 Å². The van der Waals surface area contributed by atoms with E-state index < -0.39 is 0 Å². The quantitative estimate of drug-likeness (QED) is 0.927. The molecule has 0 saturated carbocycles. The maximum atomic E-state index is 6.01. The van der Waals surface area contributed by atoms with Gasteiger partial charge >= 0.3 is 0 Å². The van der Waals surface area contributed by atoms with Crippen LogP contribution in [0.2, 0.25) is 5.02 Å². The first-order chi connectivity index (χ1) is 8.13. The van der Waals surface area contributed by atoms with Gasteiger partial charge in [-0.3, -0.25) is 4.90 Å². The number of thiophene rings is 1. The van der Waals surface area contributed by atoms with Crippen molar-refractivity contribution in [3.05, 3.63) is 21.3 Å². The third-order valence-corrected chi connectivity index (χ3v) is 6.19. The zero-order valence-corrected chi connectivity index (χ0v) is 12.6. The predicted molar refractivity (Wildman–Crippen MR) is 79.2 cm³/mol. The van der Waals surface area contributed by atoms with Crippen molar-refractivity contribution in [2.75, 3.05) is 18.8 Å². The van der Waals surface area contributed by atoms with Crippen LogP contribution in [0.25, 0.3) is 0 Å². The molecule has 1 aromatic rings. The van der Waals surface area contributed by atoms with Gasteiger partial charge in [-0.05, 0) is 13.0 Å². The van der Waals surface area contributed by atoms with Crippen LogP contribution in [0.3, 0.4) is 0 Å². The summed E-state index contributed by atoms with van der Waals surface area (Å²) in [6, 6.07) is 2.96. The Kier molecular flexibility index (Phi) is 4.78. The van der Waals surface area contributed by atoms with E-state index in [1.54, 1.807) is 11.3 Å². The minimum absolute atomic E-state index is 0.325. The molecule has 5 heteroatoms. The van der Waals surface area contributed by atoms with Crippen LogP contribution in [0.15, 0.2) is 11.4 Å². The maximum Gasteiger partial charge on any atom is 0.0567 e. The maximum absolute atomic E-state index is 6.01. The van der Waals surface area contributed by atoms with Crippen molar-refractivity contribution in [1.82, 2.24) is 4.90 Å². The Labute approximate surface area is 117 Å². The van der Waals surface area contributed by atoms with Crippen LogP contribution in [0.4, 0.5) is 0 Å². The molecular weight excluding hydrogens is 272 g/mol. The fraction of sp³-hybridized carbons (Fsp3) is 0.667. The average molecular weight is 291 g/mol. The second kappa shape index (κ2) is 5.93. The Hall–Kier alpha value is 0.260. The van der Waals surface area contributed by atoms with Gasteiger partial charge in [0.1, 0.15) is 0 Å². The first-order valence-electron chi connectivity index (χ1n) is 5.95. The van der Waals surface area contributed by atoms with E-state index in [1.165, 1.54) is 10.6 Å². The van der Waals surface area contributed by atoms with Crippen LogP contribution in [0, 0.1) is 0 Å². The van der Waals surface area contributed by atoms with Gasteiger partial charge in [0.2, 0.25) is 0 Å². The number of nitrogens with zero attached hydrogens (tertiary/aromatic N) is 1. The highest BCUT2D eigenvalue weighted by atomic mass is 35.5. The highest BCUT2D eigenvalue weighted by molar-refractivity contribution is 8.00. The van der Waals surface area contributed by atoms with E-state index in [1.807, 2.05) is 5.38 Å². The van der Waals surface area contributed by atoms with Crippen LogP contribution in [0.1, 0.15) is 24.8 Å². The number of nitrogens with two attached hydrogens (primary N) is 1. The van der Waals surface area contributed by atoms with Gasteiger partial charge in [0, 0.05) is 40.4 Å². The third-order valence-electron chi connectivity index (χ3n) is 3.47. The van der Waals surface area contributed by atoms with Crippen molar-refractivity contribution < 1.29 is 0 Å². The molecule has 0 amide bonds. The number of halogens is 1. The normalized spacial score (nSPS) is 28.2. The van der Waals surface area contributed by atoms with Crippen molar-refractivity contribution in [3.63, 3.8) is 0 Å². The number of hydrogen-bond donors (Lipinski definition) is 1. The van der Waals surface area contributed by atoms with Crippen molar-refractivity contribution in [1.29, 1.82) is 0 Å².